The smallest absolute Gasteiger partial charge is 0.336 e. The van der Waals surface area contributed by atoms with Crippen molar-refractivity contribution in [1.82, 2.24) is 0 Å². The fraction of sp³-hybridized carbons (Fsp3) is 0.125. The fourth-order valence-corrected chi connectivity index (χ4v) is 1.80. The second-order valence-electron chi connectivity index (χ2n) is 4.33. The summed E-state index contributed by atoms with van der Waals surface area (Å²) >= 11 is 0. The van der Waals surface area contributed by atoms with E-state index in [0.717, 1.165) is 0 Å². The molecule has 0 atom stereocenters. The zero-order chi connectivity index (χ0) is 14.5. The van der Waals surface area contributed by atoms with Crippen LogP contribution in [0.3, 0.4) is 0 Å². The van der Waals surface area contributed by atoms with Crippen molar-refractivity contribution in [1.29, 1.82) is 0 Å². The fourth-order valence-electron chi connectivity index (χ4n) is 1.80. The molecule has 102 valence electrons. The summed E-state index contributed by atoms with van der Waals surface area (Å²) in [6.07, 6.45) is 0. The predicted octanol–water partition coefficient (Wildman–Crippen LogP) is 3.17. The number of Topliss-reactive ketones (excluding diaryl/α,β-unsaturated/α-hetero) is 1. The topological polar surface area (TPSA) is 63.6 Å². The molecule has 1 N–H and O–H groups in total. The number of carbonyl (C=O) groups is 2. The van der Waals surface area contributed by atoms with Crippen LogP contribution in [-0.4, -0.2) is 16.9 Å². The van der Waals surface area contributed by atoms with E-state index < -0.39 is 5.97 Å². The lowest BCUT2D eigenvalue weighted by molar-refractivity contribution is 0.0693. The maximum Gasteiger partial charge on any atom is 0.336 e. The number of hydrogen-bond donors (Lipinski definition) is 1. The van der Waals surface area contributed by atoms with Crippen LogP contribution in [0.1, 0.15) is 33.2 Å². The molecular weight excluding hydrogens is 256 g/mol. The van der Waals surface area contributed by atoms with E-state index in [9.17, 15) is 9.59 Å². The van der Waals surface area contributed by atoms with Gasteiger partial charge in [0.25, 0.3) is 0 Å². The first-order chi connectivity index (χ1) is 9.58. The van der Waals surface area contributed by atoms with Crippen LogP contribution in [0.4, 0.5) is 0 Å². The molecule has 0 amide bonds. The molecular formula is C16H14O4. The minimum Gasteiger partial charge on any atom is -0.489 e. The van der Waals surface area contributed by atoms with E-state index in [1.165, 1.54) is 6.92 Å². The SMILES string of the molecule is CC(=O)c1ccc(OCc2ccccc2C(=O)O)cc1. The highest BCUT2D eigenvalue weighted by Gasteiger charge is 2.09. The average Bonchev–Trinajstić information content (AvgIpc) is 2.45. The van der Waals surface area contributed by atoms with Crippen LogP contribution in [0, 0.1) is 0 Å². The lowest BCUT2D eigenvalue weighted by Gasteiger charge is -2.09. The standard InChI is InChI=1S/C16H14O4/c1-11(17)12-6-8-14(9-7-12)20-10-13-4-2-3-5-15(13)16(18)19/h2-9H,10H2,1H3,(H,18,19). The molecule has 2 aromatic carbocycles. The second kappa shape index (κ2) is 6.02. The van der Waals surface area contributed by atoms with Gasteiger partial charge < -0.3 is 9.84 Å². The number of rotatable bonds is 5. The van der Waals surface area contributed by atoms with Gasteiger partial charge in [-0.3, -0.25) is 4.79 Å². The number of ketones is 1. The third-order valence-corrected chi connectivity index (χ3v) is 2.90. The van der Waals surface area contributed by atoms with Crippen molar-refractivity contribution < 1.29 is 19.4 Å². The summed E-state index contributed by atoms with van der Waals surface area (Å²) in [4.78, 5) is 22.2. The third-order valence-electron chi connectivity index (χ3n) is 2.90. The number of carbonyl (C=O) groups excluding carboxylic acids is 1. The molecule has 0 saturated carbocycles. The van der Waals surface area contributed by atoms with E-state index in [0.29, 0.717) is 16.9 Å². The van der Waals surface area contributed by atoms with Crippen LogP contribution in [0.5, 0.6) is 5.75 Å². The molecule has 4 nitrogen and oxygen atoms in total. The molecule has 0 fully saturated rings. The second-order valence-corrected chi connectivity index (χ2v) is 4.33. The van der Waals surface area contributed by atoms with Gasteiger partial charge in [-0.1, -0.05) is 18.2 Å². The van der Waals surface area contributed by atoms with E-state index >= 15 is 0 Å². The number of aromatic carboxylic acids is 1. The van der Waals surface area contributed by atoms with Crippen LogP contribution < -0.4 is 4.74 Å². The minimum atomic E-state index is -0.976. The molecule has 0 saturated heterocycles. The Balaban J connectivity index is 2.09. The Morgan fingerprint density at radius 2 is 1.70 bits per heavy atom. The van der Waals surface area contributed by atoms with Crippen molar-refractivity contribution in [3.8, 4) is 5.75 Å². The van der Waals surface area contributed by atoms with Gasteiger partial charge in [-0.05, 0) is 37.3 Å². The Morgan fingerprint density at radius 3 is 2.30 bits per heavy atom. The lowest BCUT2D eigenvalue weighted by atomic mass is 10.1. The first kappa shape index (κ1) is 13.8. The summed E-state index contributed by atoms with van der Waals surface area (Å²) in [6, 6.07) is 13.5. The van der Waals surface area contributed by atoms with Crippen molar-refractivity contribution in [3.05, 3.63) is 65.2 Å². The molecule has 0 heterocycles. The summed E-state index contributed by atoms with van der Waals surface area (Å²) in [5.41, 5.74) is 1.45. The van der Waals surface area contributed by atoms with Gasteiger partial charge in [0.05, 0.1) is 5.56 Å². The van der Waals surface area contributed by atoms with Crippen LogP contribution in [0.15, 0.2) is 48.5 Å². The molecule has 0 aliphatic heterocycles. The highest BCUT2D eigenvalue weighted by Crippen LogP contribution is 2.16. The predicted molar refractivity (Wildman–Crippen MR) is 74.2 cm³/mol. The number of carboxylic acid groups (broad SMARTS) is 1. The molecule has 0 aromatic heterocycles. The van der Waals surface area contributed by atoms with Crippen LogP contribution >= 0.6 is 0 Å². The molecule has 0 unspecified atom stereocenters. The Labute approximate surface area is 116 Å². The Kier molecular flexibility index (Phi) is 4.15. The summed E-state index contributed by atoms with van der Waals surface area (Å²) < 4.78 is 5.54. The Bertz CT molecular complexity index is 629. The summed E-state index contributed by atoms with van der Waals surface area (Å²) in [5.74, 6) is -0.390. The highest BCUT2D eigenvalue weighted by molar-refractivity contribution is 5.94. The first-order valence-electron chi connectivity index (χ1n) is 6.13. The monoisotopic (exact) mass is 270 g/mol. The Hall–Kier alpha value is -2.62. The van der Waals surface area contributed by atoms with Crippen molar-refractivity contribution >= 4 is 11.8 Å². The van der Waals surface area contributed by atoms with Crippen LogP contribution in [-0.2, 0) is 6.61 Å². The summed E-state index contributed by atoms with van der Waals surface area (Å²) in [7, 11) is 0. The molecule has 2 aromatic rings. The maximum absolute atomic E-state index is 11.1. The number of ether oxygens (including phenoxy) is 1. The van der Waals surface area contributed by atoms with E-state index in [1.807, 2.05) is 0 Å². The molecule has 2 rings (SSSR count). The number of benzene rings is 2. The zero-order valence-corrected chi connectivity index (χ0v) is 11.0. The van der Waals surface area contributed by atoms with Gasteiger partial charge in [0.1, 0.15) is 12.4 Å². The largest absolute Gasteiger partial charge is 0.489 e. The summed E-state index contributed by atoms with van der Waals surface area (Å²) in [5, 5.41) is 9.07. The van der Waals surface area contributed by atoms with E-state index in [4.69, 9.17) is 9.84 Å². The number of carboxylic acids is 1. The van der Waals surface area contributed by atoms with Crippen LogP contribution in [0.25, 0.3) is 0 Å². The molecule has 0 aliphatic carbocycles. The van der Waals surface area contributed by atoms with Crippen molar-refractivity contribution in [2.45, 2.75) is 13.5 Å². The molecule has 0 aliphatic rings. The molecule has 0 bridgehead atoms. The Morgan fingerprint density at radius 1 is 1.05 bits per heavy atom. The van der Waals surface area contributed by atoms with Crippen molar-refractivity contribution in [2.24, 2.45) is 0 Å². The maximum atomic E-state index is 11.1. The molecule has 20 heavy (non-hydrogen) atoms. The average molecular weight is 270 g/mol. The van der Waals surface area contributed by atoms with E-state index in [-0.39, 0.29) is 18.0 Å². The van der Waals surface area contributed by atoms with Gasteiger partial charge >= 0.3 is 5.97 Å². The van der Waals surface area contributed by atoms with Crippen LogP contribution in [0.2, 0.25) is 0 Å². The zero-order valence-electron chi connectivity index (χ0n) is 11.0. The van der Waals surface area contributed by atoms with E-state index in [2.05, 4.69) is 0 Å². The third kappa shape index (κ3) is 3.23. The van der Waals surface area contributed by atoms with Gasteiger partial charge in [0.15, 0.2) is 5.78 Å². The molecule has 4 heteroatoms. The quantitative estimate of drug-likeness (QED) is 0.847. The van der Waals surface area contributed by atoms with Gasteiger partial charge in [-0.2, -0.15) is 0 Å². The summed E-state index contributed by atoms with van der Waals surface area (Å²) in [6.45, 7) is 1.67. The minimum absolute atomic E-state index is 0.00669. The van der Waals surface area contributed by atoms with Gasteiger partial charge in [-0.15, -0.1) is 0 Å². The van der Waals surface area contributed by atoms with Gasteiger partial charge in [0.2, 0.25) is 0 Å². The van der Waals surface area contributed by atoms with E-state index in [1.54, 1.807) is 48.5 Å². The van der Waals surface area contributed by atoms with Gasteiger partial charge in [0, 0.05) is 11.1 Å². The van der Waals surface area contributed by atoms with Crippen molar-refractivity contribution in [2.75, 3.05) is 0 Å². The van der Waals surface area contributed by atoms with Crippen molar-refractivity contribution in [3.63, 3.8) is 0 Å². The molecule has 0 radical (unpaired) electrons. The first-order valence-corrected chi connectivity index (χ1v) is 6.13. The lowest BCUT2D eigenvalue weighted by Crippen LogP contribution is -2.05. The number of hydrogen-bond acceptors (Lipinski definition) is 3. The van der Waals surface area contributed by atoms with Gasteiger partial charge in [-0.25, -0.2) is 4.79 Å². The highest BCUT2D eigenvalue weighted by atomic mass is 16.5. The molecule has 0 spiro atoms. The normalized spacial score (nSPS) is 10.1.